The summed E-state index contributed by atoms with van der Waals surface area (Å²) < 4.78 is 20.1. The normalized spacial score (nSPS) is 11.1. The Labute approximate surface area is 164 Å². The molecule has 27 heavy (non-hydrogen) atoms. The Balaban J connectivity index is 1.61. The first-order chi connectivity index (χ1) is 13.0. The summed E-state index contributed by atoms with van der Waals surface area (Å²) in [6.07, 6.45) is 0. The lowest BCUT2D eigenvalue weighted by molar-refractivity contribution is 0.0951. The molecule has 0 bridgehead atoms. The largest absolute Gasteiger partial charge is 0.454 e. The van der Waals surface area contributed by atoms with Crippen LogP contribution in [0.3, 0.4) is 0 Å². The molecule has 0 aliphatic rings. The molecule has 0 fully saturated rings. The van der Waals surface area contributed by atoms with E-state index < -0.39 is 5.82 Å². The van der Waals surface area contributed by atoms with Gasteiger partial charge in [-0.3, -0.25) is 4.79 Å². The predicted octanol–water partition coefficient (Wildman–Crippen LogP) is 6.19. The Kier molecular flexibility index (Phi) is 4.72. The lowest BCUT2D eigenvalue weighted by Gasteiger charge is -2.07. The van der Waals surface area contributed by atoms with Gasteiger partial charge in [0.15, 0.2) is 5.58 Å². The van der Waals surface area contributed by atoms with Crippen molar-refractivity contribution in [2.24, 2.45) is 0 Å². The van der Waals surface area contributed by atoms with Gasteiger partial charge in [-0.1, -0.05) is 48.0 Å². The fourth-order valence-corrected chi connectivity index (χ4v) is 4.19. The first-order valence-corrected chi connectivity index (χ1v) is 9.53. The van der Waals surface area contributed by atoms with E-state index in [2.05, 4.69) is 5.32 Å². The summed E-state index contributed by atoms with van der Waals surface area (Å²) in [5.41, 5.74) is 2.72. The molecule has 0 saturated carbocycles. The van der Waals surface area contributed by atoms with Crippen LogP contribution in [-0.4, -0.2) is 5.91 Å². The Hall–Kier alpha value is -2.63. The monoisotopic (exact) mass is 399 g/mol. The Morgan fingerprint density at radius 1 is 1.19 bits per heavy atom. The van der Waals surface area contributed by atoms with Crippen LogP contribution in [0.1, 0.15) is 20.8 Å². The van der Waals surface area contributed by atoms with E-state index in [1.54, 1.807) is 6.07 Å². The summed E-state index contributed by atoms with van der Waals surface area (Å²) in [6, 6.07) is 15.8. The standard InChI is InChI=1S/C21H15ClFNO2S/c1-12-19(21(25)24-11-14-7-8-15(23)9-16(14)22)20-18(27-12)10-17(26-20)13-5-3-2-4-6-13/h2-10H,11H2,1H3,(H,24,25). The lowest BCUT2D eigenvalue weighted by atomic mass is 10.2. The fraction of sp³-hybridized carbons (Fsp3) is 0.0952. The van der Waals surface area contributed by atoms with Crippen LogP contribution in [0.25, 0.3) is 21.6 Å². The second-order valence-corrected chi connectivity index (χ2v) is 7.79. The third kappa shape index (κ3) is 3.48. The molecule has 1 N–H and O–H groups in total. The summed E-state index contributed by atoms with van der Waals surface area (Å²) in [6.45, 7) is 2.10. The number of furan rings is 1. The molecule has 0 atom stereocenters. The van der Waals surface area contributed by atoms with Gasteiger partial charge in [-0.15, -0.1) is 11.3 Å². The maximum atomic E-state index is 13.2. The van der Waals surface area contributed by atoms with Crippen molar-refractivity contribution in [3.8, 4) is 11.3 Å². The number of fused-ring (bicyclic) bond motifs is 1. The number of carbonyl (C=O) groups is 1. The van der Waals surface area contributed by atoms with Gasteiger partial charge < -0.3 is 9.73 Å². The van der Waals surface area contributed by atoms with Crippen molar-refractivity contribution >= 4 is 39.1 Å². The van der Waals surface area contributed by atoms with Crippen molar-refractivity contribution in [1.82, 2.24) is 5.32 Å². The number of benzene rings is 2. The van der Waals surface area contributed by atoms with Gasteiger partial charge in [-0.25, -0.2) is 4.39 Å². The first-order valence-electron chi connectivity index (χ1n) is 8.33. The molecule has 0 aliphatic carbocycles. The molecule has 0 spiro atoms. The zero-order valence-corrected chi connectivity index (χ0v) is 16.0. The fourth-order valence-electron chi connectivity index (χ4n) is 2.94. The van der Waals surface area contributed by atoms with Gasteiger partial charge in [0.25, 0.3) is 5.91 Å². The van der Waals surface area contributed by atoms with E-state index in [1.165, 1.54) is 23.5 Å². The van der Waals surface area contributed by atoms with Gasteiger partial charge in [-0.05, 0) is 24.6 Å². The van der Waals surface area contributed by atoms with E-state index in [-0.39, 0.29) is 17.5 Å². The molecule has 3 nitrogen and oxygen atoms in total. The number of halogens is 2. The van der Waals surface area contributed by atoms with Crippen LogP contribution in [-0.2, 0) is 6.54 Å². The molecular formula is C21H15ClFNO2S. The summed E-state index contributed by atoms with van der Waals surface area (Å²) in [4.78, 5) is 13.6. The van der Waals surface area contributed by atoms with Crippen LogP contribution < -0.4 is 5.32 Å². The SMILES string of the molecule is Cc1sc2cc(-c3ccccc3)oc2c1C(=O)NCc1ccc(F)cc1Cl. The van der Waals surface area contributed by atoms with Crippen LogP contribution in [0, 0.1) is 12.7 Å². The highest BCUT2D eigenvalue weighted by Gasteiger charge is 2.21. The highest BCUT2D eigenvalue weighted by Crippen LogP contribution is 2.37. The van der Waals surface area contributed by atoms with Gasteiger partial charge >= 0.3 is 0 Å². The van der Waals surface area contributed by atoms with Crippen LogP contribution in [0.15, 0.2) is 59.0 Å². The Morgan fingerprint density at radius 2 is 1.96 bits per heavy atom. The highest BCUT2D eigenvalue weighted by atomic mass is 35.5. The number of hydrogen-bond donors (Lipinski definition) is 1. The molecule has 136 valence electrons. The van der Waals surface area contributed by atoms with Crippen molar-refractivity contribution in [2.45, 2.75) is 13.5 Å². The number of amides is 1. The average Bonchev–Trinajstić information content (AvgIpc) is 3.18. The summed E-state index contributed by atoms with van der Waals surface area (Å²) in [5, 5.41) is 3.13. The molecular weight excluding hydrogens is 385 g/mol. The van der Waals surface area contributed by atoms with Gasteiger partial charge in [0.2, 0.25) is 0 Å². The minimum absolute atomic E-state index is 0.209. The number of aryl methyl sites for hydroxylation is 1. The van der Waals surface area contributed by atoms with Crippen LogP contribution in [0.4, 0.5) is 4.39 Å². The topological polar surface area (TPSA) is 42.2 Å². The minimum atomic E-state index is -0.408. The van der Waals surface area contributed by atoms with Crippen molar-refractivity contribution in [3.63, 3.8) is 0 Å². The third-order valence-electron chi connectivity index (χ3n) is 4.28. The quantitative estimate of drug-likeness (QED) is 0.444. The van der Waals surface area contributed by atoms with Crippen molar-refractivity contribution in [2.75, 3.05) is 0 Å². The second-order valence-electron chi connectivity index (χ2n) is 6.12. The summed E-state index contributed by atoms with van der Waals surface area (Å²) >= 11 is 7.55. The van der Waals surface area contributed by atoms with Crippen molar-refractivity contribution in [1.29, 1.82) is 0 Å². The molecule has 0 unspecified atom stereocenters. The summed E-state index contributed by atoms with van der Waals surface area (Å²) in [7, 11) is 0. The van der Waals surface area contributed by atoms with E-state index in [4.69, 9.17) is 16.0 Å². The Morgan fingerprint density at radius 3 is 2.70 bits per heavy atom. The van der Waals surface area contributed by atoms with Crippen LogP contribution >= 0.6 is 22.9 Å². The molecule has 2 heterocycles. The zero-order chi connectivity index (χ0) is 19.0. The van der Waals surface area contributed by atoms with Gasteiger partial charge in [0, 0.05) is 28.1 Å². The van der Waals surface area contributed by atoms with E-state index in [0.717, 1.165) is 20.9 Å². The molecule has 0 aliphatic heterocycles. The first kappa shape index (κ1) is 17.8. The Bertz CT molecular complexity index is 1130. The number of nitrogens with one attached hydrogen (secondary N) is 1. The number of rotatable bonds is 4. The summed E-state index contributed by atoms with van der Waals surface area (Å²) in [5.74, 6) is 0.0788. The van der Waals surface area contributed by atoms with Crippen LogP contribution in [0.5, 0.6) is 0 Å². The maximum Gasteiger partial charge on any atom is 0.256 e. The molecule has 6 heteroatoms. The lowest BCUT2D eigenvalue weighted by Crippen LogP contribution is -2.23. The van der Waals surface area contributed by atoms with E-state index in [1.807, 2.05) is 43.3 Å². The molecule has 2 aromatic heterocycles. The zero-order valence-electron chi connectivity index (χ0n) is 14.4. The van der Waals surface area contributed by atoms with E-state index in [9.17, 15) is 9.18 Å². The van der Waals surface area contributed by atoms with Gasteiger partial charge in [0.05, 0.1) is 10.3 Å². The van der Waals surface area contributed by atoms with E-state index >= 15 is 0 Å². The molecule has 0 radical (unpaired) electrons. The van der Waals surface area contributed by atoms with Crippen LogP contribution in [0.2, 0.25) is 5.02 Å². The molecule has 4 aromatic rings. The predicted molar refractivity (Wildman–Crippen MR) is 107 cm³/mol. The molecule has 1 amide bonds. The van der Waals surface area contributed by atoms with E-state index in [0.29, 0.717) is 16.7 Å². The average molecular weight is 400 g/mol. The third-order valence-corrected chi connectivity index (χ3v) is 5.67. The van der Waals surface area contributed by atoms with Gasteiger partial charge in [-0.2, -0.15) is 0 Å². The number of carbonyl (C=O) groups excluding carboxylic acids is 1. The smallest absolute Gasteiger partial charge is 0.256 e. The van der Waals surface area contributed by atoms with Crippen molar-refractivity contribution in [3.05, 3.63) is 81.4 Å². The number of thiophene rings is 1. The second kappa shape index (κ2) is 7.18. The molecule has 0 saturated heterocycles. The van der Waals surface area contributed by atoms with Crippen molar-refractivity contribution < 1.29 is 13.6 Å². The molecule has 4 rings (SSSR count). The highest BCUT2D eigenvalue weighted by molar-refractivity contribution is 7.19. The number of hydrogen-bond acceptors (Lipinski definition) is 3. The molecule has 2 aromatic carbocycles. The minimum Gasteiger partial charge on any atom is -0.454 e. The maximum absolute atomic E-state index is 13.2. The van der Waals surface area contributed by atoms with Gasteiger partial charge in [0.1, 0.15) is 11.6 Å².